The molecule has 2 saturated heterocycles. The van der Waals surface area contributed by atoms with Crippen molar-refractivity contribution >= 4 is 59.2 Å². The van der Waals surface area contributed by atoms with Gasteiger partial charge >= 0.3 is 11.9 Å². The molecule has 23 heteroatoms. The highest BCUT2D eigenvalue weighted by Gasteiger charge is 2.41. The van der Waals surface area contributed by atoms with Crippen molar-refractivity contribution in [1.29, 1.82) is 0 Å². The van der Waals surface area contributed by atoms with E-state index < -0.39 is 139 Å². The van der Waals surface area contributed by atoms with Crippen LogP contribution in [0.25, 0.3) is 0 Å². The summed E-state index contributed by atoms with van der Waals surface area (Å²) in [6, 6.07) is -4.22. The van der Waals surface area contributed by atoms with Crippen LogP contribution in [0.1, 0.15) is 92.1 Å². The molecule has 9 atom stereocenters. The summed E-state index contributed by atoms with van der Waals surface area (Å²) in [7, 11) is 0. The minimum absolute atomic E-state index is 0.0382. The van der Waals surface area contributed by atoms with Gasteiger partial charge in [0.25, 0.3) is 0 Å². The van der Waals surface area contributed by atoms with E-state index in [1.807, 2.05) is 0 Å². The number of nitrogens with zero attached hydrogens (tertiary/aromatic N) is 2. The number of hydrogen-bond acceptors (Lipinski definition) is 13. The fourth-order valence-corrected chi connectivity index (χ4v) is 7.77. The Morgan fingerprint density at radius 2 is 1.24 bits per heavy atom. The van der Waals surface area contributed by atoms with Gasteiger partial charge in [0.2, 0.25) is 47.3 Å². The number of phenols is 1. The molecule has 0 saturated carbocycles. The fourth-order valence-electron chi connectivity index (χ4n) is 7.77. The molecule has 2 fully saturated rings. The van der Waals surface area contributed by atoms with E-state index >= 15 is 0 Å². The Balaban J connectivity index is 1.68. The molecule has 2 heterocycles. The third-order valence-corrected chi connectivity index (χ3v) is 11.4. The van der Waals surface area contributed by atoms with Crippen molar-refractivity contribution in [3.63, 3.8) is 0 Å². The van der Waals surface area contributed by atoms with Gasteiger partial charge in [0.05, 0.1) is 18.7 Å². The number of phenolic OH excluding ortho intramolecular Hbond substituents is 1. The first-order valence-electron chi connectivity index (χ1n) is 22.5. The number of carbonyl (C=O) groups is 10. The van der Waals surface area contributed by atoms with Gasteiger partial charge in [-0.1, -0.05) is 39.8 Å². The first-order valence-corrected chi connectivity index (χ1v) is 22.5. The molecular weight excluding hydrogens is 879 g/mol. The lowest BCUT2D eigenvalue weighted by Gasteiger charge is -2.32. The average Bonchev–Trinajstić information content (AvgIpc) is 3.96. The van der Waals surface area contributed by atoms with Crippen molar-refractivity contribution in [2.45, 2.75) is 147 Å². The zero-order valence-corrected chi connectivity index (χ0v) is 38.8. The third-order valence-electron chi connectivity index (χ3n) is 11.4. The molecule has 1 aromatic carbocycles. The van der Waals surface area contributed by atoms with Crippen LogP contribution in [0.3, 0.4) is 0 Å². The quantitative estimate of drug-likeness (QED) is 0.0526. The van der Waals surface area contributed by atoms with Gasteiger partial charge < -0.3 is 67.9 Å². The highest BCUT2D eigenvalue weighted by molar-refractivity contribution is 5.98. The second-order valence-electron chi connectivity index (χ2n) is 17.9. The molecule has 2 aliphatic rings. The van der Waals surface area contributed by atoms with Crippen molar-refractivity contribution in [2.24, 2.45) is 17.6 Å². The van der Waals surface area contributed by atoms with Crippen LogP contribution >= 0.6 is 0 Å². The number of aliphatic carboxylic acids is 2. The molecule has 2 aliphatic heterocycles. The SMILES string of the molecule is CC(C)CC(NC(=O)C(CCC(=O)O)NC(=O)C1CCCN1C(=O)CNC(=O)C1CCCN1C(=O)C(NC(=O)C(NC(=O)C(C)N)C(C)O)C(C)C)C(=O)NC(Cc1ccc(O)cc1)C(=O)O. The largest absolute Gasteiger partial charge is 0.508 e. The van der Waals surface area contributed by atoms with E-state index in [1.54, 1.807) is 27.7 Å². The van der Waals surface area contributed by atoms with Gasteiger partial charge in [0.1, 0.15) is 48.0 Å². The smallest absolute Gasteiger partial charge is 0.326 e. The van der Waals surface area contributed by atoms with Gasteiger partial charge in [-0.15, -0.1) is 0 Å². The summed E-state index contributed by atoms with van der Waals surface area (Å²) >= 11 is 0. The number of aliphatic hydroxyl groups is 1. The van der Waals surface area contributed by atoms with Gasteiger partial charge in [-0.25, -0.2) is 4.79 Å². The normalized spacial score (nSPS) is 19.0. The zero-order chi connectivity index (χ0) is 50.3. The number of amides is 8. The highest BCUT2D eigenvalue weighted by atomic mass is 16.4. The number of aliphatic hydroxyl groups excluding tert-OH is 1. The molecule has 23 nitrogen and oxygen atoms in total. The lowest BCUT2D eigenvalue weighted by atomic mass is 10.0. The van der Waals surface area contributed by atoms with Crippen LogP contribution in [0, 0.1) is 11.8 Å². The zero-order valence-electron chi connectivity index (χ0n) is 38.8. The summed E-state index contributed by atoms with van der Waals surface area (Å²) < 4.78 is 0. The van der Waals surface area contributed by atoms with Gasteiger partial charge in [0.15, 0.2) is 0 Å². The topological polar surface area (TPSA) is 356 Å². The van der Waals surface area contributed by atoms with E-state index in [9.17, 15) is 68.4 Å². The summed E-state index contributed by atoms with van der Waals surface area (Å²) in [5, 5.41) is 54.1. The van der Waals surface area contributed by atoms with E-state index in [0.717, 1.165) is 0 Å². The number of aromatic hydroxyl groups is 1. The Hall–Kier alpha value is -6.36. The Kier molecular flexibility index (Phi) is 20.9. The summed E-state index contributed by atoms with van der Waals surface area (Å²) in [6.07, 6.45) is -1.22. The number of rotatable bonds is 24. The Bertz CT molecular complexity index is 1960. The van der Waals surface area contributed by atoms with Gasteiger partial charge in [-0.3, -0.25) is 43.2 Å². The lowest BCUT2D eigenvalue weighted by Crippen LogP contribution is -2.61. The number of nitrogens with two attached hydrogens (primary N) is 1. The molecule has 0 bridgehead atoms. The Morgan fingerprint density at radius 1 is 0.687 bits per heavy atom. The number of hydrogen-bond donors (Lipinski definition) is 11. The van der Waals surface area contributed by atoms with Gasteiger partial charge in [-0.2, -0.15) is 0 Å². The molecule has 0 aromatic heterocycles. The van der Waals surface area contributed by atoms with Crippen LogP contribution < -0.4 is 37.6 Å². The second-order valence-corrected chi connectivity index (χ2v) is 17.9. The van der Waals surface area contributed by atoms with Crippen molar-refractivity contribution in [2.75, 3.05) is 19.6 Å². The molecule has 372 valence electrons. The van der Waals surface area contributed by atoms with E-state index in [-0.39, 0.29) is 50.4 Å². The number of likely N-dealkylation sites (tertiary alicyclic amines) is 2. The van der Waals surface area contributed by atoms with Crippen molar-refractivity contribution < 1.29 is 68.4 Å². The van der Waals surface area contributed by atoms with Gasteiger partial charge in [-0.05, 0) is 81.9 Å². The number of nitrogens with one attached hydrogen (secondary N) is 6. The lowest BCUT2D eigenvalue weighted by molar-refractivity contribution is -0.144. The number of benzene rings is 1. The maximum Gasteiger partial charge on any atom is 0.326 e. The monoisotopic (exact) mass is 945 g/mol. The Labute approximate surface area is 388 Å². The number of carbonyl (C=O) groups excluding carboxylic acids is 8. The highest BCUT2D eigenvalue weighted by Crippen LogP contribution is 2.22. The molecule has 12 N–H and O–H groups in total. The van der Waals surface area contributed by atoms with E-state index in [4.69, 9.17) is 5.73 Å². The van der Waals surface area contributed by atoms with E-state index in [2.05, 4.69) is 31.9 Å². The van der Waals surface area contributed by atoms with Crippen LogP contribution in [-0.4, -0.2) is 163 Å². The summed E-state index contributed by atoms with van der Waals surface area (Å²) in [5.74, 6) is -9.38. The third kappa shape index (κ3) is 16.5. The molecule has 0 aliphatic carbocycles. The molecule has 0 radical (unpaired) electrons. The molecule has 3 rings (SSSR count). The van der Waals surface area contributed by atoms with E-state index in [0.29, 0.717) is 18.4 Å². The second kappa shape index (κ2) is 25.5. The van der Waals surface area contributed by atoms with Crippen LogP contribution in [0.15, 0.2) is 24.3 Å². The minimum Gasteiger partial charge on any atom is -0.508 e. The number of carboxylic acids is 2. The molecular formula is C44H67N9O14. The average molecular weight is 946 g/mol. The minimum atomic E-state index is -1.49. The predicted octanol–water partition coefficient (Wildman–Crippen LogP) is -2.16. The standard InChI is InChI=1S/C44H67N9O14/c1-22(2)19-29(39(61)49-30(44(66)67)20-26-11-13-27(55)14-12-26)48-38(60)28(15-16-34(57)58)47-41(63)32-10-7-17-52(32)33(56)21-46-40(62)31-9-8-18-53(31)43(65)35(23(3)4)50-42(64)36(25(6)54)51-37(59)24(5)45/h11-14,22-25,28-32,35-36,54-55H,7-10,15-21,45H2,1-6H3,(H,46,62)(H,47,63)(H,48,60)(H,49,61)(H,50,64)(H,51,59)(H,57,58)(H,66,67). The summed E-state index contributed by atoms with van der Waals surface area (Å²) in [4.78, 5) is 134. The first kappa shape index (κ1) is 55.0. The van der Waals surface area contributed by atoms with Gasteiger partial charge in [0, 0.05) is 25.9 Å². The molecule has 1 aromatic rings. The summed E-state index contributed by atoms with van der Waals surface area (Å²) in [6.45, 7) is 9.22. The molecule has 9 unspecified atom stereocenters. The van der Waals surface area contributed by atoms with Crippen molar-refractivity contribution in [3.8, 4) is 5.75 Å². The molecule has 0 spiro atoms. The van der Waals surface area contributed by atoms with Crippen molar-refractivity contribution in [3.05, 3.63) is 29.8 Å². The van der Waals surface area contributed by atoms with Crippen LogP contribution in [0.4, 0.5) is 0 Å². The Morgan fingerprint density at radius 3 is 1.78 bits per heavy atom. The van der Waals surface area contributed by atoms with Crippen molar-refractivity contribution in [1.82, 2.24) is 41.7 Å². The summed E-state index contributed by atoms with van der Waals surface area (Å²) in [5.41, 5.74) is 6.09. The predicted molar refractivity (Wildman–Crippen MR) is 238 cm³/mol. The molecule has 8 amide bonds. The molecule has 67 heavy (non-hydrogen) atoms. The van der Waals surface area contributed by atoms with Crippen LogP contribution in [-0.2, 0) is 54.4 Å². The first-order chi connectivity index (χ1) is 31.4. The van der Waals surface area contributed by atoms with Crippen LogP contribution in [0.2, 0.25) is 0 Å². The maximum atomic E-state index is 13.9. The number of carboxylic acid groups (broad SMARTS) is 2. The fraction of sp³-hybridized carbons (Fsp3) is 0.636. The van der Waals surface area contributed by atoms with E-state index in [1.165, 1.54) is 47.9 Å². The maximum absolute atomic E-state index is 13.9. The van der Waals surface area contributed by atoms with Crippen LogP contribution in [0.5, 0.6) is 5.75 Å².